The Morgan fingerprint density at radius 2 is 2.58 bits per heavy atom. The molecule has 0 aliphatic rings. The van der Waals surface area contributed by atoms with Gasteiger partial charge in [0, 0.05) is 0 Å². The van der Waals surface area contributed by atoms with Gasteiger partial charge in [0.25, 0.3) is 0 Å². The Morgan fingerprint density at radius 1 is 1.92 bits per heavy atom. The van der Waals surface area contributed by atoms with Crippen molar-refractivity contribution in [3.8, 4) is 0 Å². The number of carbonyl (C=O) groups is 1. The van der Waals surface area contributed by atoms with Crippen LogP contribution in [0.4, 0.5) is 0 Å². The minimum atomic E-state index is -1.05. The van der Waals surface area contributed by atoms with E-state index in [2.05, 4.69) is 19.6 Å². The Morgan fingerprint density at radius 3 is 3.00 bits per heavy atom. The molecule has 1 heterocycles. The van der Waals surface area contributed by atoms with E-state index < -0.39 is 12.0 Å². The minimum Gasteiger partial charge on any atom is -0.480 e. The number of carboxylic acids is 1. The standard InChI is InChI=1S/C5H9N4O2P/c6-3(5(10)11)1-9-2-4(12)7-8-9/h2-3H,1,6,12H2,(H,10,11). The maximum absolute atomic E-state index is 10.3. The van der Waals surface area contributed by atoms with Gasteiger partial charge >= 0.3 is 5.97 Å². The Kier molecular flexibility index (Phi) is 2.73. The molecule has 2 unspecified atom stereocenters. The van der Waals surface area contributed by atoms with Gasteiger partial charge in [-0.1, -0.05) is 14.5 Å². The number of rotatable bonds is 3. The second kappa shape index (κ2) is 3.60. The first kappa shape index (κ1) is 9.09. The SMILES string of the molecule is NC(Cn1cc(P)nn1)C(=O)O. The summed E-state index contributed by atoms with van der Waals surface area (Å²) in [6.07, 6.45) is 1.60. The van der Waals surface area contributed by atoms with Gasteiger partial charge in [0.05, 0.1) is 18.2 Å². The van der Waals surface area contributed by atoms with Crippen LogP contribution in [0.1, 0.15) is 0 Å². The molecule has 3 N–H and O–H groups in total. The summed E-state index contributed by atoms with van der Waals surface area (Å²) in [6.45, 7) is 0.136. The molecular weight excluding hydrogens is 179 g/mol. The molecule has 7 heteroatoms. The number of hydrogen-bond donors (Lipinski definition) is 2. The summed E-state index contributed by atoms with van der Waals surface area (Å²) in [7, 11) is 2.35. The molecule has 1 aromatic heterocycles. The van der Waals surface area contributed by atoms with Crippen LogP contribution in [-0.4, -0.2) is 32.1 Å². The topological polar surface area (TPSA) is 94.0 Å². The van der Waals surface area contributed by atoms with Crippen molar-refractivity contribution in [3.63, 3.8) is 0 Å². The number of aliphatic carboxylic acids is 1. The van der Waals surface area contributed by atoms with E-state index in [1.165, 1.54) is 4.68 Å². The van der Waals surface area contributed by atoms with Crippen molar-refractivity contribution in [2.75, 3.05) is 0 Å². The summed E-state index contributed by atoms with van der Waals surface area (Å²) in [4.78, 5) is 10.3. The normalized spacial score (nSPS) is 12.8. The van der Waals surface area contributed by atoms with Gasteiger partial charge in [-0.3, -0.25) is 4.79 Å². The van der Waals surface area contributed by atoms with Crippen molar-refractivity contribution in [1.29, 1.82) is 0 Å². The van der Waals surface area contributed by atoms with Crippen LogP contribution in [0, 0.1) is 0 Å². The van der Waals surface area contributed by atoms with Crippen LogP contribution in [0.5, 0.6) is 0 Å². The third kappa shape index (κ3) is 2.25. The lowest BCUT2D eigenvalue weighted by Gasteiger charge is -2.03. The molecular formula is C5H9N4O2P. The lowest BCUT2D eigenvalue weighted by Crippen LogP contribution is -2.34. The molecule has 0 saturated carbocycles. The monoisotopic (exact) mass is 188 g/mol. The van der Waals surface area contributed by atoms with Crippen LogP contribution in [0.15, 0.2) is 6.20 Å². The Hall–Kier alpha value is -1.00. The van der Waals surface area contributed by atoms with Gasteiger partial charge < -0.3 is 10.8 Å². The molecule has 0 fully saturated rings. The summed E-state index contributed by atoms with van der Waals surface area (Å²) in [5.41, 5.74) is 5.92. The second-order valence-corrected chi connectivity index (χ2v) is 2.90. The first-order chi connectivity index (χ1) is 5.59. The molecule has 0 aliphatic carbocycles. The zero-order chi connectivity index (χ0) is 9.14. The fraction of sp³-hybridized carbons (Fsp3) is 0.400. The van der Waals surface area contributed by atoms with Gasteiger partial charge in [-0.25, -0.2) is 4.68 Å². The molecule has 0 spiro atoms. The van der Waals surface area contributed by atoms with Crippen LogP contribution in [0.3, 0.4) is 0 Å². The van der Waals surface area contributed by atoms with E-state index in [1.54, 1.807) is 6.20 Å². The quantitative estimate of drug-likeness (QED) is 0.545. The second-order valence-electron chi connectivity index (χ2n) is 2.31. The fourth-order valence-electron chi connectivity index (χ4n) is 0.682. The van der Waals surface area contributed by atoms with Crippen molar-refractivity contribution < 1.29 is 9.90 Å². The molecule has 66 valence electrons. The maximum atomic E-state index is 10.3. The number of nitrogens with zero attached hydrogens (tertiary/aromatic N) is 3. The third-order valence-corrected chi connectivity index (χ3v) is 1.52. The maximum Gasteiger partial charge on any atom is 0.322 e. The van der Waals surface area contributed by atoms with Crippen LogP contribution in [-0.2, 0) is 11.3 Å². The highest BCUT2D eigenvalue weighted by Crippen LogP contribution is 1.88. The highest BCUT2D eigenvalue weighted by Gasteiger charge is 2.12. The van der Waals surface area contributed by atoms with E-state index in [-0.39, 0.29) is 6.54 Å². The summed E-state index contributed by atoms with van der Waals surface area (Å²) < 4.78 is 1.39. The summed E-state index contributed by atoms with van der Waals surface area (Å²) in [5.74, 6) is -1.05. The summed E-state index contributed by atoms with van der Waals surface area (Å²) >= 11 is 0. The molecule has 0 aromatic carbocycles. The van der Waals surface area contributed by atoms with Gasteiger partial charge in [0.1, 0.15) is 6.04 Å². The first-order valence-electron chi connectivity index (χ1n) is 3.23. The number of hydrogen-bond acceptors (Lipinski definition) is 4. The molecule has 0 bridgehead atoms. The zero-order valence-electron chi connectivity index (χ0n) is 6.21. The molecule has 6 nitrogen and oxygen atoms in total. The molecule has 1 aromatic rings. The van der Waals surface area contributed by atoms with Crippen molar-refractivity contribution in [1.82, 2.24) is 15.0 Å². The highest BCUT2D eigenvalue weighted by molar-refractivity contribution is 7.26. The van der Waals surface area contributed by atoms with E-state index in [1.807, 2.05) is 0 Å². The molecule has 0 aliphatic heterocycles. The number of carboxylic acid groups (broad SMARTS) is 1. The van der Waals surface area contributed by atoms with Crippen molar-refractivity contribution in [2.24, 2.45) is 5.73 Å². The average molecular weight is 188 g/mol. The Balaban J connectivity index is 2.58. The van der Waals surface area contributed by atoms with Crippen molar-refractivity contribution >= 4 is 20.6 Å². The van der Waals surface area contributed by atoms with Gasteiger partial charge in [-0.2, -0.15) is 0 Å². The summed E-state index contributed by atoms with van der Waals surface area (Å²) in [5, 5.41) is 15.8. The lowest BCUT2D eigenvalue weighted by molar-refractivity contribution is -0.138. The highest BCUT2D eigenvalue weighted by atomic mass is 31.0. The smallest absolute Gasteiger partial charge is 0.322 e. The van der Waals surface area contributed by atoms with Crippen molar-refractivity contribution in [2.45, 2.75) is 12.6 Å². The number of nitrogens with two attached hydrogens (primary N) is 1. The van der Waals surface area contributed by atoms with Crippen LogP contribution in [0.2, 0.25) is 0 Å². The van der Waals surface area contributed by atoms with Gasteiger partial charge in [0.15, 0.2) is 0 Å². The lowest BCUT2D eigenvalue weighted by atomic mass is 10.3. The van der Waals surface area contributed by atoms with E-state index in [0.717, 1.165) is 0 Å². The minimum absolute atomic E-state index is 0.136. The molecule has 2 atom stereocenters. The van der Waals surface area contributed by atoms with Crippen LogP contribution < -0.4 is 11.2 Å². The van der Waals surface area contributed by atoms with E-state index in [9.17, 15) is 4.79 Å². The molecule has 0 saturated heterocycles. The van der Waals surface area contributed by atoms with Crippen LogP contribution in [0.25, 0.3) is 0 Å². The number of aromatic nitrogens is 3. The van der Waals surface area contributed by atoms with E-state index in [4.69, 9.17) is 10.8 Å². The predicted molar refractivity (Wildman–Crippen MR) is 45.0 cm³/mol. The van der Waals surface area contributed by atoms with Gasteiger partial charge in [0.2, 0.25) is 0 Å². The molecule has 0 amide bonds. The van der Waals surface area contributed by atoms with E-state index >= 15 is 0 Å². The van der Waals surface area contributed by atoms with Gasteiger partial charge in [-0.05, 0) is 0 Å². The predicted octanol–water partition coefficient (Wildman–Crippen LogP) is -1.81. The molecule has 12 heavy (non-hydrogen) atoms. The largest absolute Gasteiger partial charge is 0.480 e. The Labute approximate surface area is 70.9 Å². The Bertz CT molecular complexity index is 287. The summed E-state index contributed by atoms with van der Waals surface area (Å²) in [6, 6.07) is -0.934. The molecule has 1 rings (SSSR count). The average Bonchev–Trinajstić information content (AvgIpc) is 2.35. The molecule has 0 radical (unpaired) electrons. The van der Waals surface area contributed by atoms with Gasteiger partial charge in [-0.15, -0.1) is 5.10 Å². The zero-order valence-corrected chi connectivity index (χ0v) is 7.37. The first-order valence-corrected chi connectivity index (χ1v) is 3.81. The third-order valence-electron chi connectivity index (χ3n) is 1.26. The van der Waals surface area contributed by atoms with E-state index in [0.29, 0.717) is 5.44 Å². The van der Waals surface area contributed by atoms with Crippen LogP contribution >= 0.6 is 9.24 Å². The fourth-order valence-corrected chi connectivity index (χ4v) is 0.906. The van der Waals surface area contributed by atoms with Crippen molar-refractivity contribution in [3.05, 3.63) is 6.20 Å².